The number of rotatable bonds is 6. The molecular weight excluding hydrogens is 442 g/mol. The van der Waals surface area contributed by atoms with Crippen molar-refractivity contribution >= 4 is 34.0 Å². The lowest BCUT2D eigenvalue weighted by atomic mass is 9.84. The number of anilines is 2. The first kappa shape index (κ1) is 22.5. The zero-order chi connectivity index (χ0) is 24.0. The van der Waals surface area contributed by atoms with Crippen molar-refractivity contribution in [2.45, 2.75) is 64.1 Å². The zero-order valence-corrected chi connectivity index (χ0v) is 19.4. The molecule has 1 saturated carbocycles. The van der Waals surface area contributed by atoms with Crippen LogP contribution in [0.3, 0.4) is 0 Å². The van der Waals surface area contributed by atoms with Gasteiger partial charge in [0.1, 0.15) is 22.8 Å². The van der Waals surface area contributed by atoms with Gasteiger partial charge in [0.2, 0.25) is 5.95 Å². The lowest BCUT2D eigenvalue weighted by Crippen LogP contribution is -2.36. The van der Waals surface area contributed by atoms with E-state index in [4.69, 9.17) is 0 Å². The number of hydrogen-bond donors (Lipinski definition) is 4. The Balaban J connectivity index is 1.51. The maximum atomic E-state index is 13.1. The first-order valence-electron chi connectivity index (χ1n) is 11.4. The largest absolute Gasteiger partial charge is 0.390 e. The summed E-state index contributed by atoms with van der Waals surface area (Å²) in [5.74, 6) is 1.63. The molecule has 5 rings (SSSR count). The van der Waals surface area contributed by atoms with Crippen molar-refractivity contribution in [2.24, 2.45) is 0 Å². The molecule has 0 radical (unpaired) electrons. The highest BCUT2D eigenvalue weighted by Gasteiger charge is 2.29. The molecular formula is C23H28F2N8O. The van der Waals surface area contributed by atoms with Crippen molar-refractivity contribution in [3.8, 4) is 11.3 Å². The number of halogens is 2. The number of fused-ring (bicyclic) bond motifs is 2. The second-order valence-corrected chi connectivity index (χ2v) is 9.19. The minimum absolute atomic E-state index is 0.194. The molecule has 1 fully saturated rings. The predicted octanol–water partition coefficient (Wildman–Crippen LogP) is 4.09. The first-order chi connectivity index (χ1) is 16.2. The van der Waals surface area contributed by atoms with Gasteiger partial charge in [0.15, 0.2) is 5.65 Å². The molecule has 0 spiro atoms. The second kappa shape index (κ2) is 8.46. The van der Waals surface area contributed by atoms with Crippen molar-refractivity contribution in [3.05, 3.63) is 24.2 Å². The monoisotopic (exact) mass is 470 g/mol. The van der Waals surface area contributed by atoms with E-state index in [-0.39, 0.29) is 6.04 Å². The van der Waals surface area contributed by atoms with Gasteiger partial charge in [0.25, 0.3) is 6.43 Å². The molecule has 11 heteroatoms. The third-order valence-electron chi connectivity index (χ3n) is 6.54. The van der Waals surface area contributed by atoms with Gasteiger partial charge in [-0.3, -0.25) is 0 Å². The average molecular weight is 471 g/mol. The molecule has 4 aromatic rings. The van der Waals surface area contributed by atoms with Crippen LogP contribution in [-0.4, -0.2) is 59.7 Å². The van der Waals surface area contributed by atoms with Crippen molar-refractivity contribution in [2.75, 3.05) is 17.7 Å². The number of hydrogen-bond acceptors (Lipinski definition) is 7. The van der Waals surface area contributed by atoms with Crippen LogP contribution in [0.15, 0.2) is 18.3 Å². The number of aromatic nitrogens is 6. The Labute approximate surface area is 195 Å². The van der Waals surface area contributed by atoms with Crippen LogP contribution in [0, 0.1) is 6.92 Å². The molecule has 4 aromatic heterocycles. The molecule has 0 aliphatic heterocycles. The standard InChI is InChI=1S/C23H28F2N8O/c1-12-28-16-5-4-15(30-21(16)33(12)11-17(24)25)14-10-27-20-18(14)19(26-3)31-22(32-20)29-13-6-8-23(2,34)9-7-13/h4-5,10,13,17,34H,6-9,11H2,1-3H3,(H3,26,27,29,31,32)/t13-,23-. The number of aliphatic hydroxyl groups is 1. The van der Waals surface area contributed by atoms with Gasteiger partial charge in [-0.1, -0.05) is 0 Å². The van der Waals surface area contributed by atoms with Crippen LogP contribution in [0.2, 0.25) is 0 Å². The molecule has 0 saturated heterocycles. The van der Waals surface area contributed by atoms with Crippen LogP contribution in [0.4, 0.5) is 20.5 Å². The van der Waals surface area contributed by atoms with Gasteiger partial charge in [0.05, 0.1) is 23.2 Å². The van der Waals surface area contributed by atoms with Gasteiger partial charge in [-0.05, 0) is 51.7 Å². The van der Waals surface area contributed by atoms with E-state index in [0.29, 0.717) is 40.1 Å². The molecule has 4 N–H and O–H groups in total. The van der Waals surface area contributed by atoms with Gasteiger partial charge in [-0.15, -0.1) is 0 Å². The Morgan fingerprint density at radius 2 is 1.97 bits per heavy atom. The minimum Gasteiger partial charge on any atom is -0.390 e. The number of H-pyrrole nitrogens is 1. The van der Waals surface area contributed by atoms with Crippen LogP contribution < -0.4 is 10.6 Å². The highest BCUT2D eigenvalue weighted by Crippen LogP contribution is 2.34. The maximum absolute atomic E-state index is 13.1. The molecule has 34 heavy (non-hydrogen) atoms. The van der Waals surface area contributed by atoms with E-state index in [1.54, 1.807) is 26.2 Å². The molecule has 1 aliphatic carbocycles. The highest BCUT2D eigenvalue weighted by molar-refractivity contribution is 6.01. The van der Waals surface area contributed by atoms with Crippen LogP contribution in [0.5, 0.6) is 0 Å². The van der Waals surface area contributed by atoms with Crippen molar-refractivity contribution < 1.29 is 13.9 Å². The summed E-state index contributed by atoms with van der Waals surface area (Å²) >= 11 is 0. The van der Waals surface area contributed by atoms with E-state index < -0.39 is 18.6 Å². The third-order valence-corrected chi connectivity index (χ3v) is 6.54. The lowest BCUT2D eigenvalue weighted by molar-refractivity contribution is 0.0195. The second-order valence-electron chi connectivity index (χ2n) is 9.19. The van der Waals surface area contributed by atoms with E-state index in [2.05, 4.69) is 35.6 Å². The Bertz CT molecular complexity index is 1340. The fraction of sp³-hybridized carbons (Fsp3) is 0.478. The molecule has 0 amide bonds. The Morgan fingerprint density at radius 3 is 2.68 bits per heavy atom. The summed E-state index contributed by atoms with van der Waals surface area (Å²) in [5, 5.41) is 17.5. The zero-order valence-electron chi connectivity index (χ0n) is 19.4. The maximum Gasteiger partial charge on any atom is 0.256 e. The van der Waals surface area contributed by atoms with Crippen molar-refractivity contribution in [1.82, 2.24) is 29.5 Å². The Hall–Kier alpha value is -3.34. The number of nitrogens with one attached hydrogen (secondary N) is 3. The molecule has 0 atom stereocenters. The van der Waals surface area contributed by atoms with Crippen molar-refractivity contribution in [1.29, 1.82) is 0 Å². The average Bonchev–Trinajstić information content (AvgIpc) is 3.35. The molecule has 4 heterocycles. The van der Waals surface area contributed by atoms with E-state index >= 15 is 0 Å². The number of nitrogens with zero attached hydrogens (tertiary/aromatic N) is 5. The van der Waals surface area contributed by atoms with Crippen LogP contribution >= 0.6 is 0 Å². The number of pyridine rings is 1. The minimum atomic E-state index is -2.50. The number of alkyl halides is 2. The van der Waals surface area contributed by atoms with Gasteiger partial charge in [0, 0.05) is 24.8 Å². The Morgan fingerprint density at radius 1 is 1.21 bits per heavy atom. The summed E-state index contributed by atoms with van der Waals surface area (Å²) < 4.78 is 27.7. The topological polar surface area (TPSA) is 117 Å². The summed E-state index contributed by atoms with van der Waals surface area (Å²) in [4.78, 5) is 21.6. The lowest BCUT2D eigenvalue weighted by Gasteiger charge is -2.33. The van der Waals surface area contributed by atoms with E-state index in [1.165, 1.54) is 4.57 Å². The summed E-state index contributed by atoms with van der Waals surface area (Å²) in [5.41, 5.74) is 2.41. The van der Waals surface area contributed by atoms with E-state index in [1.807, 2.05) is 13.0 Å². The van der Waals surface area contributed by atoms with Gasteiger partial charge >= 0.3 is 0 Å². The van der Waals surface area contributed by atoms with Crippen LogP contribution in [-0.2, 0) is 6.54 Å². The third kappa shape index (κ3) is 4.15. The normalized spacial score (nSPS) is 21.0. The summed E-state index contributed by atoms with van der Waals surface area (Å²) in [6.45, 7) is 3.12. The molecule has 180 valence electrons. The van der Waals surface area contributed by atoms with Gasteiger partial charge in [-0.25, -0.2) is 18.7 Å². The molecule has 0 unspecified atom stereocenters. The van der Waals surface area contributed by atoms with E-state index in [0.717, 1.165) is 36.6 Å². The van der Waals surface area contributed by atoms with Crippen LogP contribution in [0.1, 0.15) is 38.4 Å². The summed E-state index contributed by atoms with van der Waals surface area (Å²) in [7, 11) is 1.79. The molecule has 0 bridgehead atoms. The SMILES string of the molecule is CNc1nc(N[C@H]2CC[C@](C)(O)CC2)nc2[nH]cc(-c3ccc4nc(C)n(CC(F)F)c4n3)c12. The summed E-state index contributed by atoms with van der Waals surface area (Å²) in [6.07, 6.45) is 2.45. The molecule has 9 nitrogen and oxygen atoms in total. The molecule has 1 aliphatic rings. The van der Waals surface area contributed by atoms with Gasteiger partial charge in [-0.2, -0.15) is 9.97 Å². The fourth-order valence-corrected chi connectivity index (χ4v) is 4.67. The smallest absolute Gasteiger partial charge is 0.256 e. The summed E-state index contributed by atoms with van der Waals surface area (Å²) in [6, 6.07) is 3.81. The molecule has 0 aromatic carbocycles. The first-order valence-corrected chi connectivity index (χ1v) is 11.4. The van der Waals surface area contributed by atoms with E-state index in [9.17, 15) is 13.9 Å². The Kier molecular flexibility index (Phi) is 5.59. The fourth-order valence-electron chi connectivity index (χ4n) is 4.67. The number of imidazole rings is 1. The number of aromatic amines is 1. The highest BCUT2D eigenvalue weighted by atomic mass is 19.3. The van der Waals surface area contributed by atoms with Gasteiger partial charge < -0.3 is 25.3 Å². The number of aryl methyl sites for hydroxylation is 1. The van der Waals surface area contributed by atoms with Crippen molar-refractivity contribution in [3.63, 3.8) is 0 Å². The van der Waals surface area contributed by atoms with Crippen LogP contribution in [0.25, 0.3) is 33.5 Å². The predicted molar refractivity (Wildman–Crippen MR) is 127 cm³/mol. The quantitative estimate of drug-likeness (QED) is 0.335.